The van der Waals surface area contributed by atoms with E-state index >= 15 is 0 Å². The number of esters is 1. The molecule has 0 aromatic heterocycles. The summed E-state index contributed by atoms with van der Waals surface area (Å²) in [5.41, 5.74) is 2.49. The highest BCUT2D eigenvalue weighted by atomic mass is 16.5. The van der Waals surface area contributed by atoms with E-state index in [0.29, 0.717) is 6.61 Å². The Morgan fingerprint density at radius 1 is 1.06 bits per heavy atom. The molecular formula is C27H33NO3. The Labute approximate surface area is 185 Å². The molecule has 0 radical (unpaired) electrons. The minimum atomic E-state index is -0.350. The van der Waals surface area contributed by atoms with Gasteiger partial charge in [0.05, 0.1) is 7.11 Å². The molecule has 2 aromatic carbocycles. The average Bonchev–Trinajstić information content (AvgIpc) is 3.59. The number of methoxy groups -OCH3 is 1. The second-order valence-electron chi connectivity index (χ2n) is 8.81. The van der Waals surface area contributed by atoms with Crippen molar-refractivity contribution in [3.05, 3.63) is 71.8 Å². The van der Waals surface area contributed by atoms with E-state index in [2.05, 4.69) is 40.0 Å². The van der Waals surface area contributed by atoms with E-state index in [1.54, 1.807) is 6.08 Å². The van der Waals surface area contributed by atoms with Crippen molar-refractivity contribution < 1.29 is 14.3 Å². The highest BCUT2D eigenvalue weighted by Crippen LogP contribution is 2.51. The number of rotatable bonds is 9. The van der Waals surface area contributed by atoms with Gasteiger partial charge in [-0.3, -0.25) is 4.90 Å². The fourth-order valence-corrected chi connectivity index (χ4v) is 4.69. The molecule has 2 aliphatic rings. The number of likely N-dealkylation sites (tertiary alicyclic amines) is 1. The number of carbonyl (C=O) groups excluding carboxylic acids is 1. The molecule has 0 spiro atoms. The number of hydrogen-bond donors (Lipinski definition) is 0. The molecule has 4 heteroatoms. The van der Waals surface area contributed by atoms with Crippen molar-refractivity contribution in [1.82, 2.24) is 4.90 Å². The second-order valence-corrected chi connectivity index (χ2v) is 8.81. The number of ether oxygens (including phenoxy) is 2. The molecule has 0 N–H and O–H groups in total. The Morgan fingerprint density at radius 3 is 2.52 bits per heavy atom. The maximum Gasteiger partial charge on any atom is 0.330 e. The van der Waals surface area contributed by atoms with Gasteiger partial charge in [-0.15, -0.1) is 0 Å². The lowest BCUT2D eigenvalue weighted by Crippen LogP contribution is -2.36. The van der Waals surface area contributed by atoms with Crippen LogP contribution in [0.25, 0.3) is 6.08 Å². The van der Waals surface area contributed by atoms with Crippen molar-refractivity contribution in [2.75, 3.05) is 33.4 Å². The minimum absolute atomic E-state index is 0.350. The van der Waals surface area contributed by atoms with Crippen LogP contribution in [0.5, 0.6) is 5.75 Å². The average molecular weight is 420 g/mol. The summed E-state index contributed by atoms with van der Waals surface area (Å²) in [6, 6.07) is 18.8. The smallest absolute Gasteiger partial charge is 0.330 e. The van der Waals surface area contributed by atoms with Crippen molar-refractivity contribution in [3.63, 3.8) is 0 Å². The van der Waals surface area contributed by atoms with Crippen LogP contribution in [0, 0.1) is 11.8 Å². The van der Waals surface area contributed by atoms with Crippen LogP contribution >= 0.6 is 0 Å². The molecule has 1 saturated heterocycles. The van der Waals surface area contributed by atoms with Gasteiger partial charge in [-0.2, -0.15) is 0 Å². The molecule has 4 rings (SSSR count). The molecule has 31 heavy (non-hydrogen) atoms. The van der Waals surface area contributed by atoms with Gasteiger partial charge < -0.3 is 9.47 Å². The van der Waals surface area contributed by atoms with Crippen LogP contribution in [0.2, 0.25) is 0 Å². The zero-order valence-electron chi connectivity index (χ0n) is 18.4. The fourth-order valence-electron chi connectivity index (χ4n) is 4.69. The van der Waals surface area contributed by atoms with Gasteiger partial charge >= 0.3 is 5.97 Å². The lowest BCUT2D eigenvalue weighted by atomic mass is 9.90. The van der Waals surface area contributed by atoms with Crippen molar-refractivity contribution in [2.24, 2.45) is 11.8 Å². The number of hydrogen-bond acceptors (Lipinski definition) is 4. The van der Waals surface area contributed by atoms with Crippen LogP contribution in [-0.2, 0) is 9.53 Å². The third kappa shape index (κ3) is 6.44. The fraction of sp³-hybridized carbons (Fsp3) is 0.444. The number of benzene rings is 2. The molecule has 1 saturated carbocycles. The maximum atomic E-state index is 11.2. The molecule has 0 bridgehead atoms. The Morgan fingerprint density at radius 2 is 1.81 bits per heavy atom. The summed E-state index contributed by atoms with van der Waals surface area (Å²) in [7, 11) is 1.38. The van der Waals surface area contributed by atoms with Crippen LogP contribution < -0.4 is 4.74 Å². The van der Waals surface area contributed by atoms with Gasteiger partial charge in [0.15, 0.2) is 0 Å². The highest BCUT2D eigenvalue weighted by Gasteiger charge is 2.39. The van der Waals surface area contributed by atoms with Gasteiger partial charge in [-0.1, -0.05) is 42.5 Å². The quantitative estimate of drug-likeness (QED) is 0.416. The van der Waals surface area contributed by atoms with E-state index in [0.717, 1.165) is 35.6 Å². The van der Waals surface area contributed by atoms with Crippen LogP contribution in [0.15, 0.2) is 60.7 Å². The Bertz CT molecular complexity index is 854. The summed E-state index contributed by atoms with van der Waals surface area (Å²) in [6.07, 6.45) is 8.59. The molecule has 1 aliphatic heterocycles. The van der Waals surface area contributed by atoms with E-state index < -0.39 is 0 Å². The predicted molar refractivity (Wildman–Crippen MR) is 124 cm³/mol. The van der Waals surface area contributed by atoms with E-state index in [1.165, 1.54) is 57.5 Å². The first kappa shape index (κ1) is 21.6. The molecule has 4 nitrogen and oxygen atoms in total. The highest BCUT2D eigenvalue weighted by molar-refractivity contribution is 5.86. The van der Waals surface area contributed by atoms with Crippen molar-refractivity contribution in [1.29, 1.82) is 0 Å². The predicted octanol–water partition coefficient (Wildman–Crippen LogP) is 5.16. The van der Waals surface area contributed by atoms with Gasteiger partial charge in [-0.05, 0) is 85.9 Å². The summed E-state index contributed by atoms with van der Waals surface area (Å²) in [5.74, 6) is 3.13. The standard InChI is InChI=1S/C27H33NO3/c1-30-27(29)12-9-21-7-10-25(11-8-21)31-18-17-28-15-13-22(14-16-28)19-24-20-26(24)23-5-3-2-4-6-23/h2-12,22,24,26H,13-20H2,1H3/b12-9+/t24-,26+/m1/s1. The third-order valence-corrected chi connectivity index (χ3v) is 6.66. The largest absolute Gasteiger partial charge is 0.492 e. The van der Waals surface area contributed by atoms with E-state index in [1.807, 2.05) is 24.3 Å². The third-order valence-electron chi connectivity index (χ3n) is 6.66. The summed E-state index contributed by atoms with van der Waals surface area (Å²) in [4.78, 5) is 13.7. The molecule has 164 valence electrons. The SMILES string of the molecule is COC(=O)/C=C/c1ccc(OCCN2CCC(C[C@@H]3C[C@H]3c3ccccc3)CC2)cc1. The maximum absolute atomic E-state index is 11.2. The van der Waals surface area contributed by atoms with E-state index in [4.69, 9.17) is 4.74 Å². The lowest BCUT2D eigenvalue weighted by molar-refractivity contribution is -0.134. The van der Waals surface area contributed by atoms with Crippen LogP contribution in [0.4, 0.5) is 0 Å². The van der Waals surface area contributed by atoms with Crippen molar-refractivity contribution in [2.45, 2.75) is 31.6 Å². The number of carbonyl (C=O) groups is 1. The Kier molecular flexibility index (Phi) is 7.42. The second kappa shape index (κ2) is 10.6. The molecule has 2 fully saturated rings. The summed E-state index contributed by atoms with van der Waals surface area (Å²) >= 11 is 0. The zero-order valence-corrected chi connectivity index (χ0v) is 18.4. The van der Waals surface area contributed by atoms with Crippen LogP contribution in [-0.4, -0.2) is 44.2 Å². The van der Waals surface area contributed by atoms with Crippen molar-refractivity contribution >= 4 is 12.0 Å². The zero-order chi connectivity index (χ0) is 21.5. The topological polar surface area (TPSA) is 38.8 Å². The van der Waals surface area contributed by atoms with Crippen LogP contribution in [0.3, 0.4) is 0 Å². The molecule has 0 unspecified atom stereocenters. The summed E-state index contributed by atoms with van der Waals surface area (Å²) < 4.78 is 10.5. The van der Waals surface area contributed by atoms with Crippen molar-refractivity contribution in [3.8, 4) is 5.75 Å². The lowest BCUT2D eigenvalue weighted by Gasteiger charge is -2.32. The van der Waals surface area contributed by atoms with Gasteiger partial charge in [0, 0.05) is 12.6 Å². The monoisotopic (exact) mass is 419 g/mol. The Hall–Kier alpha value is -2.59. The van der Waals surface area contributed by atoms with E-state index in [-0.39, 0.29) is 5.97 Å². The molecule has 0 amide bonds. The van der Waals surface area contributed by atoms with Gasteiger partial charge in [0.2, 0.25) is 0 Å². The number of piperidine rings is 1. The summed E-state index contributed by atoms with van der Waals surface area (Å²) in [5, 5.41) is 0. The Balaban J connectivity index is 1.11. The molecule has 2 atom stereocenters. The van der Waals surface area contributed by atoms with Gasteiger partial charge in [0.25, 0.3) is 0 Å². The summed E-state index contributed by atoms with van der Waals surface area (Å²) in [6.45, 7) is 4.07. The van der Waals surface area contributed by atoms with E-state index in [9.17, 15) is 4.79 Å². The minimum Gasteiger partial charge on any atom is -0.492 e. The van der Waals surface area contributed by atoms with Gasteiger partial charge in [-0.25, -0.2) is 4.79 Å². The molecular weight excluding hydrogens is 386 g/mol. The normalized spacial score (nSPS) is 21.8. The number of nitrogens with zero attached hydrogens (tertiary/aromatic N) is 1. The molecule has 1 heterocycles. The molecule has 2 aromatic rings. The van der Waals surface area contributed by atoms with Gasteiger partial charge in [0.1, 0.15) is 12.4 Å². The first-order valence-corrected chi connectivity index (χ1v) is 11.5. The molecule has 1 aliphatic carbocycles. The first-order chi connectivity index (χ1) is 15.2. The van der Waals surface area contributed by atoms with Crippen LogP contribution in [0.1, 0.15) is 42.7 Å². The first-order valence-electron chi connectivity index (χ1n) is 11.5.